The molecule has 0 unspecified atom stereocenters. The second kappa shape index (κ2) is 4.48. The van der Waals surface area contributed by atoms with Crippen LogP contribution in [0.3, 0.4) is 0 Å². The third-order valence-corrected chi connectivity index (χ3v) is 1.82. The number of hydrogen-bond acceptors (Lipinski definition) is 3. The number of nitrogens with zero attached hydrogens (tertiary/aromatic N) is 2. The molecule has 1 aromatic heterocycles. The van der Waals surface area contributed by atoms with Crippen LogP contribution in [-0.2, 0) is 0 Å². The van der Waals surface area contributed by atoms with E-state index in [4.69, 9.17) is 4.74 Å². The Morgan fingerprint density at radius 3 is 3.09 bits per heavy atom. The molecule has 4 heteroatoms. The lowest BCUT2D eigenvalue weighted by molar-refractivity contribution is 0.302. The zero-order chi connectivity index (χ0) is 8.10. The normalized spacial score (nSPS) is 9.64. The molecule has 0 saturated heterocycles. The van der Waals surface area contributed by atoms with Gasteiger partial charge in [0.05, 0.1) is 10.2 Å². The lowest BCUT2D eigenvalue weighted by atomic mass is 10.5. The SMILES string of the molecule is CCCOc1ncncc1I. The second-order valence-corrected chi connectivity index (χ2v) is 3.19. The van der Waals surface area contributed by atoms with Crippen molar-refractivity contribution in [2.75, 3.05) is 6.61 Å². The molecule has 0 amide bonds. The van der Waals surface area contributed by atoms with E-state index in [2.05, 4.69) is 39.5 Å². The van der Waals surface area contributed by atoms with Crippen LogP contribution in [0.5, 0.6) is 5.88 Å². The third-order valence-electron chi connectivity index (χ3n) is 1.08. The van der Waals surface area contributed by atoms with E-state index in [0.717, 1.165) is 9.99 Å². The molecule has 0 radical (unpaired) electrons. The minimum absolute atomic E-state index is 0.683. The van der Waals surface area contributed by atoms with Gasteiger partial charge in [0.2, 0.25) is 5.88 Å². The molecule has 11 heavy (non-hydrogen) atoms. The van der Waals surface area contributed by atoms with Gasteiger partial charge in [-0.2, -0.15) is 0 Å². The van der Waals surface area contributed by atoms with E-state index in [1.807, 2.05) is 0 Å². The predicted molar refractivity (Wildman–Crippen MR) is 50.5 cm³/mol. The first kappa shape index (κ1) is 8.70. The Labute approximate surface area is 79.3 Å². The first-order valence-electron chi connectivity index (χ1n) is 3.43. The summed E-state index contributed by atoms with van der Waals surface area (Å²) in [5.41, 5.74) is 0. The van der Waals surface area contributed by atoms with E-state index in [1.54, 1.807) is 6.20 Å². The molecule has 0 aromatic carbocycles. The zero-order valence-electron chi connectivity index (χ0n) is 6.25. The maximum Gasteiger partial charge on any atom is 0.230 e. The molecule has 3 nitrogen and oxygen atoms in total. The zero-order valence-corrected chi connectivity index (χ0v) is 8.41. The lowest BCUT2D eigenvalue weighted by Gasteiger charge is -2.03. The molecule has 1 heterocycles. The van der Waals surface area contributed by atoms with Crippen LogP contribution >= 0.6 is 22.6 Å². The topological polar surface area (TPSA) is 35.0 Å². The maximum atomic E-state index is 5.33. The standard InChI is InChI=1S/C7H9IN2O/c1-2-3-11-7-6(8)4-9-5-10-7/h4-5H,2-3H2,1H3. The summed E-state index contributed by atoms with van der Waals surface area (Å²) < 4.78 is 6.28. The summed E-state index contributed by atoms with van der Waals surface area (Å²) in [5, 5.41) is 0. The summed E-state index contributed by atoms with van der Waals surface area (Å²) in [5.74, 6) is 0.683. The van der Waals surface area contributed by atoms with Crippen molar-refractivity contribution in [1.29, 1.82) is 0 Å². The Morgan fingerprint density at radius 2 is 2.45 bits per heavy atom. The van der Waals surface area contributed by atoms with Gasteiger partial charge in [0, 0.05) is 6.20 Å². The largest absolute Gasteiger partial charge is 0.477 e. The lowest BCUT2D eigenvalue weighted by Crippen LogP contribution is -1.99. The summed E-state index contributed by atoms with van der Waals surface area (Å²) in [6, 6.07) is 0. The number of ether oxygens (including phenoxy) is 1. The number of aromatic nitrogens is 2. The van der Waals surface area contributed by atoms with Crippen LogP contribution in [0.4, 0.5) is 0 Å². The molecular formula is C7H9IN2O. The highest BCUT2D eigenvalue weighted by molar-refractivity contribution is 14.1. The summed E-state index contributed by atoms with van der Waals surface area (Å²) in [6.45, 7) is 2.78. The van der Waals surface area contributed by atoms with Gasteiger partial charge in [-0.15, -0.1) is 0 Å². The van der Waals surface area contributed by atoms with Crippen LogP contribution in [0.1, 0.15) is 13.3 Å². The molecule has 0 N–H and O–H groups in total. The van der Waals surface area contributed by atoms with Gasteiger partial charge in [0.15, 0.2) is 0 Å². The van der Waals surface area contributed by atoms with E-state index in [0.29, 0.717) is 12.5 Å². The van der Waals surface area contributed by atoms with Crippen molar-refractivity contribution in [3.05, 3.63) is 16.1 Å². The molecule has 0 aliphatic heterocycles. The van der Waals surface area contributed by atoms with E-state index in [-0.39, 0.29) is 0 Å². The fraction of sp³-hybridized carbons (Fsp3) is 0.429. The van der Waals surface area contributed by atoms with Crippen molar-refractivity contribution in [2.45, 2.75) is 13.3 Å². The van der Waals surface area contributed by atoms with Crippen molar-refractivity contribution < 1.29 is 4.74 Å². The molecule has 0 bridgehead atoms. The van der Waals surface area contributed by atoms with Crippen LogP contribution < -0.4 is 4.74 Å². The van der Waals surface area contributed by atoms with Gasteiger partial charge in [-0.05, 0) is 29.0 Å². The molecule has 1 rings (SSSR count). The summed E-state index contributed by atoms with van der Waals surface area (Å²) in [6.07, 6.45) is 4.23. The van der Waals surface area contributed by atoms with Gasteiger partial charge in [-0.25, -0.2) is 9.97 Å². The van der Waals surface area contributed by atoms with Crippen molar-refractivity contribution in [1.82, 2.24) is 9.97 Å². The van der Waals surface area contributed by atoms with Gasteiger partial charge in [0.25, 0.3) is 0 Å². The van der Waals surface area contributed by atoms with Crippen molar-refractivity contribution in [3.63, 3.8) is 0 Å². The highest BCUT2D eigenvalue weighted by Crippen LogP contribution is 2.14. The van der Waals surface area contributed by atoms with Crippen LogP contribution in [-0.4, -0.2) is 16.6 Å². The minimum Gasteiger partial charge on any atom is -0.477 e. The first-order valence-corrected chi connectivity index (χ1v) is 4.50. The van der Waals surface area contributed by atoms with E-state index >= 15 is 0 Å². The monoisotopic (exact) mass is 264 g/mol. The van der Waals surface area contributed by atoms with Crippen LogP contribution in [0.15, 0.2) is 12.5 Å². The second-order valence-electron chi connectivity index (χ2n) is 2.02. The van der Waals surface area contributed by atoms with Gasteiger partial charge < -0.3 is 4.74 Å². The fourth-order valence-corrected chi connectivity index (χ4v) is 1.06. The molecule has 0 aliphatic carbocycles. The number of hydrogen-bond donors (Lipinski definition) is 0. The predicted octanol–water partition coefficient (Wildman–Crippen LogP) is 1.87. The maximum absolute atomic E-state index is 5.33. The Morgan fingerprint density at radius 1 is 1.64 bits per heavy atom. The highest BCUT2D eigenvalue weighted by Gasteiger charge is 1.99. The smallest absolute Gasteiger partial charge is 0.230 e. The number of halogens is 1. The number of rotatable bonds is 3. The Kier molecular flexibility index (Phi) is 3.55. The highest BCUT2D eigenvalue weighted by atomic mass is 127. The Balaban J connectivity index is 2.62. The fourth-order valence-electron chi connectivity index (χ4n) is 0.606. The Hall–Kier alpha value is -0.390. The van der Waals surface area contributed by atoms with Gasteiger partial charge >= 0.3 is 0 Å². The summed E-state index contributed by atoms with van der Waals surface area (Å²) in [7, 11) is 0. The van der Waals surface area contributed by atoms with Gasteiger partial charge in [0.1, 0.15) is 6.33 Å². The van der Waals surface area contributed by atoms with Crippen molar-refractivity contribution in [2.24, 2.45) is 0 Å². The van der Waals surface area contributed by atoms with E-state index in [9.17, 15) is 0 Å². The molecule has 0 spiro atoms. The quantitative estimate of drug-likeness (QED) is 0.782. The molecular weight excluding hydrogens is 255 g/mol. The molecule has 1 aromatic rings. The summed E-state index contributed by atoms with van der Waals surface area (Å²) in [4.78, 5) is 7.83. The van der Waals surface area contributed by atoms with Crippen LogP contribution in [0.25, 0.3) is 0 Å². The van der Waals surface area contributed by atoms with Crippen LogP contribution in [0.2, 0.25) is 0 Å². The van der Waals surface area contributed by atoms with Gasteiger partial charge in [-0.3, -0.25) is 0 Å². The molecule has 0 atom stereocenters. The average Bonchev–Trinajstić information content (AvgIpc) is 2.03. The first-order chi connectivity index (χ1) is 5.34. The average molecular weight is 264 g/mol. The molecule has 0 fully saturated rings. The minimum atomic E-state index is 0.683. The van der Waals surface area contributed by atoms with Crippen molar-refractivity contribution >= 4 is 22.6 Å². The molecule has 0 aliphatic rings. The van der Waals surface area contributed by atoms with E-state index < -0.39 is 0 Å². The van der Waals surface area contributed by atoms with Crippen molar-refractivity contribution in [3.8, 4) is 5.88 Å². The van der Waals surface area contributed by atoms with Gasteiger partial charge in [-0.1, -0.05) is 6.92 Å². The summed E-state index contributed by atoms with van der Waals surface area (Å²) >= 11 is 2.15. The third kappa shape index (κ3) is 2.61. The molecule has 60 valence electrons. The Bertz CT molecular complexity index is 229. The van der Waals surface area contributed by atoms with E-state index in [1.165, 1.54) is 6.33 Å². The van der Waals surface area contributed by atoms with Crippen LogP contribution in [0, 0.1) is 3.57 Å². The molecule has 0 saturated carbocycles.